The van der Waals surface area contributed by atoms with Crippen molar-refractivity contribution in [3.8, 4) is 0 Å². The van der Waals surface area contributed by atoms with Gasteiger partial charge in [-0.25, -0.2) is 0 Å². The second-order valence-electron chi connectivity index (χ2n) is 9.17. The SMILES string of the molecule is Cc1ccccc1C(=NC(C)(C)C(C)(C)C)c1cnc(C(C)C)c(C)c1. The van der Waals surface area contributed by atoms with Gasteiger partial charge in [0, 0.05) is 23.0 Å². The van der Waals surface area contributed by atoms with E-state index in [0.29, 0.717) is 5.92 Å². The first kappa shape index (κ1) is 20.4. The minimum Gasteiger partial charge on any atom is -0.277 e. The fraction of sp³-hybridized carbons (Fsp3) is 0.500. The van der Waals surface area contributed by atoms with Crippen molar-refractivity contribution in [3.63, 3.8) is 0 Å². The van der Waals surface area contributed by atoms with Crippen molar-refractivity contribution in [1.29, 1.82) is 0 Å². The smallest absolute Gasteiger partial charge is 0.0744 e. The van der Waals surface area contributed by atoms with Crippen molar-refractivity contribution in [1.82, 2.24) is 4.98 Å². The van der Waals surface area contributed by atoms with Gasteiger partial charge in [0.05, 0.1) is 11.3 Å². The van der Waals surface area contributed by atoms with E-state index < -0.39 is 0 Å². The minimum atomic E-state index is -0.199. The Morgan fingerprint density at radius 1 is 0.962 bits per heavy atom. The maximum absolute atomic E-state index is 5.27. The van der Waals surface area contributed by atoms with Crippen molar-refractivity contribution in [3.05, 3.63) is 64.5 Å². The van der Waals surface area contributed by atoms with E-state index in [1.807, 2.05) is 6.20 Å². The van der Waals surface area contributed by atoms with E-state index in [2.05, 4.69) is 92.6 Å². The minimum absolute atomic E-state index is 0.0568. The summed E-state index contributed by atoms with van der Waals surface area (Å²) < 4.78 is 0. The highest BCUT2D eigenvalue weighted by molar-refractivity contribution is 6.13. The van der Waals surface area contributed by atoms with Gasteiger partial charge in [-0.05, 0) is 56.2 Å². The molecule has 0 atom stereocenters. The molecule has 1 aromatic heterocycles. The Bertz CT molecular complexity index is 805. The maximum atomic E-state index is 5.27. The lowest BCUT2D eigenvalue weighted by atomic mass is 9.76. The molecule has 0 bridgehead atoms. The number of aromatic nitrogens is 1. The van der Waals surface area contributed by atoms with Crippen LogP contribution in [0.4, 0.5) is 0 Å². The van der Waals surface area contributed by atoms with Crippen molar-refractivity contribution >= 4 is 5.71 Å². The van der Waals surface area contributed by atoms with Crippen LogP contribution in [0.15, 0.2) is 41.5 Å². The molecule has 1 aromatic carbocycles. The van der Waals surface area contributed by atoms with Crippen LogP contribution in [-0.4, -0.2) is 16.2 Å². The lowest BCUT2D eigenvalue weighted by molar-refractivity contribution is 0.233. The van der Waals surface area contributed by atoms with Crippen LogP contribution in [0.2, 0.25) is 0 Å². The Balaban J connectivity index is 2.70. The maximum Gasteiger partial charge on any atom is 0.0744 e. The summed E-state index contributed by atoms with van der Waals surface area (Å²) in [5.41, 5.74) is 6.80. The number of hydrogen-bond donors (Lipinski definition) is 0. The molecule has 0 amide bonds. The van der Waals surface area contributed by atoms with Crippen LogP contribution in [0.1, 0.15) is 82.3 Å². The van der Waals surface area contributed by atoms with Crippen LogP contribution in [0.25, 0.3) is 0 Å². The molecule has 0 saturated heterocycles. The quantitative estimate of drug-likeness (QED) is 0.579. The fourth-order valence-corrected chi connectivity index (χ4v) is 2.89. The van der Waals surface area contributed by atoms with Gasteiger partial charge in [0.2, 0.25) is 0 Å². The highest BCUT2D eigenvalue weighted by Crippen LogP contribution is 2.34. The highest BCUT2D eigenvalue weighted by Gasteiger charge is 2.33. The lowest BCUT2D eigenvalue weighted by Crippen LogP contribution is -2.36. The van der Waals surface area contributed by atoms with Gasteiger partial charge in [0.15, 0.2) is 0 Å². The van der Waals surface area contributed by atoms with Crippen LogP contribution in [0.3, 0.4) is 0 Å². The normalized spacial score (nSPS) is 13.4. The van der Waals surface area contributed by atoms with E-state index in [4.69, 9.17) is 9.98 Å². The number of aryl methyl sites for hydroxylation is 2. The molecule has 0 radical (unpaired) electrons. The zero-order chi connectivity index (χ0) is 19.7. The number of pyridine rings is 1. The summed E-state index contributed by atoms with van der Waals surface area (Å²) >= 11 is 0. The third kappa shape index (κ3) is 4.23. The number of benzene rings is 1. The number of rotatable bonds is 4. The Hall–Kier alpha value is -1.96. The molecule has 140 valence electrons. The first-order chi connectivity index (χ1) is 11.9. The van der Waals surface area contributed by atoms with Gasteiger partial charge in [0.1, 0.15) is 0 Å². The van der Waals surface area contributed by atoms with Crippen LogP contribution >= 0.6 is 0 Å². The van der Waals surface area contributed by atoms with Gasteiger partial charge in [-0.3, -0.25) is 9.98 Å². The molecule has 0 fully saturated rings. The summed E-state index contributed by atoms with van der Waals surface area (Å²) in [7, 11) is 0. The number of aliphatic imine (C=N–C) groups is 1. The molecule has 2 aromatic rings. The lowest BCUT2D eigenvalue weighted by Gasteiger charge is -2.36. The summed E-state index contributed by atoms with van der Waals surface area (Å²) in [6.45, 7) is 19.9. The monoisotopic (exact) mass is 350 g/mol. The van der Waals surface area contributed by atoms with Crippen molar-refractivity contribution in [2.75, 3.05) is 0 Å². The van der Waals surface area contributed by atoms with E-state index in [1.54, 1.807) is 0 Å². The topological polar surface area (TPSA) is 25.2 Å². The summed E-state index contributed by atoms with van der Waals surface area (Å²) in [4.78, 5) is 10.0. The predicted octanol–water partition coefficient (Wildman–Crippen LogP) is 6.48. The van der Waals surface area contributed by atoms with Gasteiger partial charge in [-0.2, -0.15) is 0 Å². The zero-order valence-electron chi connectivity index (χ0n) is 17.9. The largest absolute Gasteiger partial charge is 0.277 e. The summed E-state index contributed by atoms with van der Waals surface area (Å²) in [5, 5.41) is 0. The molecule has 0 saturated carbocycles. The zero-order valence-corrected chi connectivity index (χ0v) is 17.9. The van der Waals surface area contributed by atoms with Crippen molar-refractivity contribution in [2.45, 2.75) is 73.8 Å². The summed E-state index contributed by atoms with van der Waals surface area (Å²) in [6, 6.07) is 10.7. The van der Waals surface area contributed by atoms with Crippen LogP contribution < -0.4 is 0 Å². The Kier molecular flexibility index (Phi) is 5.75. The highest BCUT2D eigenvalue weighted by atomic mass is 14.9. The van der Waals surface area contributed by atoms with Crippen molar-refractivity contribution in [2.24, 2.45) is 10.4 Å². The first-order valence-electron chi connectivity index (χ1n) is 9.57. The first-order valence-corrected chi connectivity index (χ1v) is 9.57. The van der Waals surface area contributed by atoms with Gasteiger partial charge in [-0.15, -0.1) is 0 Å². The molecule has 0 aliphatic rings. The fourth-order valence-electron chi connectivity index (χ4n) is 2.89. The van der Waals surface area contributed by atoms with Crippen LogP contribution in [0.5, 0.6) is 0 Å². The second kappa shape index (κ2) is 7.34. The molecule has 26 heavy (non-hydrogen) atoms. The average molecular weight is 351 g/mol. The number of nitrogens with zero attached hydrogens (tertiary/aromatic N) is 2. The van der Waals surface area contributed by atoms with Gasteiger partial charge in [0.25, 0.3) is 0 Å². The van der Waals surface area contributed by atoms with E-state index in [9.17, 15) is 0 Å². The van der Waals surface area contributed by atoms with Crippen LogP contribution in [-0.2, 0) is 0 Å². The Morgan fingerprint density at radius 3 is 2.08 bits per heavy atom. The van der Waals surface area contributed by atoms with E-state index in [-0.39, 0.29) is 11.0 Å². The molecule has 0 spiro atoms. The molecular formula is C24H34N2. The average Bonchev–Trinajstić information content (AvgIpc) is 2.52. The molecule has 2 heteroatoms. The molecule has 1 heterocycles. The Morgan fingerprint density at radius 2 is 1.58 bits per heavy atom. The van der Waals surface area contributed by atoms with Gasteiger partial charge in [-0.1, -0.05) is 58.9 Å². The van der Waals surface area contributed by atoms with Gasteiger partial charge >= 0.3 is 0 Å². The molecule has 2 rings (SSSR count). The van der Waals surface area contributed by atoms with Crippen molar-refractivity contribution < 1.29 is 0 Å². The number of hydrogen-bond acceptors (Lipinski definition) is 2. The third-order valence-electron chi connectivity index (χ3n) is 5.57. The van der Waals surface area contributed by atoms with E-state index >= 15 is 0 Å². The molecule has 0 unspecified atom stereocenters. The third-order valence-corrected chi connectivity index (χ3v) is 5.57. The standard InChI is InChI=1S/C24H34N2/c1-16(2)21-18(4)14-19(15-25-21)22(20-13-11-10-12-17(20)3)26-24(8,9)23(5,6)7/h10-16H,1-9H3. The van der Waals surface area contributed by atoms with Crippen LogP contribution in [0, 0.1) is 19.3 Å². The molecule has 0 aliphatic carbocycles. The van der Waals surface area contributed by atoms with E-state index in [1.165, 1.54) is 16.7 Å². The Labute approximate surface area is 159 Å². The molecule has 2 nitrogen and oxygen atoms in total. The molecule has 0 N–H and O–H groups in total. The molecular weight excluding hydrogens is 316 g/mol. The summed E-state index contributed by atoms with van der Waals surface area (Å²) in [6.07, 6.45) is 1.99. The van der Waals surface area contributed by atoms with E-state index in [0.717, 1.165) is 17.0 Å². The summed E-state index contributed by atoms with van der Waals surface area (Å²) in [5.74, 6) is 0.425. The second-order valence-corrected chi connectivity index (χ2v) is 9.17. The molecule has 0 aliphatic heterocycles. The van der Waals surface area contributed by atoms with Gasteiger partial charge < -0.3 is 0 Å². The predicted molar refractivity (Wildman–Crippen MR) is 113 cm³/mol.